The van der Waals surface area contributed by atoms with Crippen molar-refractivity contribution in [1.82, 2.24) is 5.32 Å². The smallest absolute Gasteiger partial charge is 0.134 e. The van der Waals surface area contributed by atoms with Gasteiger partial charge in [-0.2, -0.15) is 0 Å². The molecule has 2 heteroatoms. The van der Waals surface area contributed by atoms with Gasteiger partial charge in [-0.15, -0.1) is 0 Å². The summed E-state index contributed by atoms with van der Waals surface area (Å²) in [6.45, 7) is 5.49. The van der Waals surface area contributed by atoms with Gasteiger partial charge >= 0.3 is 0 Å². The lowest BCUT2D eigenvalue weighted by molar-refractivity contribution is 0.259. The first kappa shape index (κ1) is 12.7. The van der Waals surface area contributed by atoms with Crippen molar-refractivity contribution in [2.45, 2.75) is 51.5 Å². The molecule has 1 unspecified atom stereocenters. The van der Waals surface area contributed by atoms with E-state index < -0.39 is 0 Å². The molecule has 0 saturated carbocycles. The topological polar surface area (TPSA) is 25.2 Å². The van der Waals surface area contributed by atoms with E-state index in [0.29, 0.717) is 0 Å². The molecule has 1 aliphatic rings. The normalized spacial score (nSPS) is 24.5. The largest absolute Gasteiger partial charge is 0.459 e. The minimum atomic E-state index is 0.0451. The van der Waals surface area contributed by atoms with Gasteiger partial charge in [0.15, 0.2) is 0 Å². The van der Waals surface area contributed by atoms with Gasteiger partial charge in [-0.1, -0.05) is 31.4 Å². The van der Waals surface area contributed by atoms with Crippen LogP contribution in [0.3, 0.4) is 0 Å². The Hall–Kier alpha value is -1.28. The van der Waals surface area contributed by atoms with E-state index in [2.05, 4.69) is 43.4 Å². The molecule has 19 heavy (non-hydrogen) atoms. The number of furan rings is 1. The molecule has 0 aliphatic carbocycles. The average molecular weight is 257 g/mol. The van der Waals surface area contributed by atoms with Crippen molar-refractivity contribution in [2.24, 2.45) is 0 Å². The standard InChI is InChI=1S/C17H23NO/c1-3-17(9-5-4-6-10-18-17)16-12-14-11-13(2)7-8-15(14)19-16/h7-8,11-12,18H,3-6,9-10H2,1-2H3. The quantitative estimate of drug-likeness (QED) is 0.856. The van der Waals surface area contributed by atoms with Gasteiger partial charge in [0, 0.05) is 5.39 Å². The van der Waals surface area contributed by atoms with Crippen LogP contribution in [0.5, 0.6) is 0 Å². The molecule has 0 spiro atoms. The van der Waals surface area contributed by atoms with E-state index in [1.165, 1.54) is 36.6 Å². The maximum atomic E-state index is 6.15. The first-order valence-corrected chi connectivity index (χ1v) is 7.49. The summed E-state index contributed by atoms with van der Waals surface area (Å²) in [6, 6.07) is 8.66. The van der Waals surface area contributed by atoms with E-state index in [1.807, 2.05) is 0 Å². The summed E-state index contributed by atoms with van der Waals surface area (Å²) < 4.78 is 6.15. The predicted octanol–water partition coefficient (Wildman–Crippen LogP) is 4.51. The monoisotopic (exact) mass is 257 g/mol. The fourth-order valence-electron chi connectivity index (χ4n) is 3.23. The van der Waals surface area contributed by atoms with Crippen molar-refractivity contribution in [1.29, 1.82) is 0 Å². The van der Waals surface area contributed by atoms with Crippen LogP contribution in [0.2, 0.25) is 0 Å². The molecule has 1 aliphatic heterocycles. The van der Waals surface area contributed by atoms with E-state index in [9.17, 15) is 0 Å². The van der Waals surface area contributed by atoms with Gasteiger partial charge in [-0.25, -0.2) is 0 Å². The number of fused-ring (bicyclic) bond motifs is 1. The summed E-state index contributed by atoms with van der Waals surface area (Å²) in [4.78, 5) is 0. The molecule has 1 N–H and O–H groups in total. The third kappa shape index (κ3) is 2.30. The van der Waals surface area contributed by atoms with E-state index in [1.54, 1.807) is 0 Å². The molecular formula is C17H23NO. The first-order valence-electron chi connectivity index (χ1n) is 7.49. The third-order valence-corrected chi connectivity index (χ3v) is 4.49. The summed E-state index contributed by atoms with van der Waals surface area (Å²) in [5.41, 5.74) is 2.35. The number of hydrogen-bond donors (Lipinski definition) is 1. The van der Waals surface area contributed by atoms with E-state index in [-0.39, 0.29) is 5.54 Å². The van der Waals surface area contributed by atoms with Crippen LogP contribution in [0.25, 0.3) is 11.0 Å². The molecule has 2 heterocycles. The second-order valence-corrected chi connectivity index (χ2v) is 5.83. The SMILES string of the molecule is CCC1(c2cc3cc(C)ccc3o2)CCCCCN1. The average Bonchev–Trinajstić information content (AvgIpc) is 2.69. The van der Waals surface area contributed by atoms with Crippen molar-refractivity contribution in [3.05, 3.63) is 35.6 Å². The van der Waals surface area contributed by atoms with E-state index in [0.717, 1.165) is 24.3 Å². The summed E-state index contributed by atoms with van der Waals surface area (Å²) in [7, 11) is 0. The molecule has 0 bridgehead atoms. The van der Waals surface area contributed by atoms with Crippen LogP contribution in [0.1, 0.15) is 50.4 Å². The summed E-state index contributed by atoms with van der Waals surface area (Å²) in [6.07, 6.45) is 6.17. The molecule has 2 aromatic rings. The zero-order valence-electron chi connectivity index (χ0n) is 12.0. The van der Waals surface area contributed by atoms with Crippen molar-refractivity contribution in [3.63, 3.8) is 0 Å². The lowest BCUT2D eigenvalue weighted by Crippen LogP contribution is -2.40. The summed E-state index contributed by atoms with van der Waals surface area (Å²) >= 11 is 0. The van der Waals surface area contributed by atoms with Crippen LogP contribution in [0.4, 0.5) is 0 Å². The zero-order chi connectivity index (χ0) is 13.3. The van der Waals surface area contributed by atoms with Crippen LogP contribution in [-0.4, -0.2) is 6.54 Å². The van der Waals surface area contributed by atoms with Crippen molar-refractivity contribution < 1.29 is 4.42 Å². The molecule has 0 radical (unpaired) electrons. The molecule has 1 aromatic carbocycles. The van der Waals surface area contributed by atoms with Gasteiger partial charge in [-0.3, -0.25) is 0 Å². The van der Waals surface area contributed by atoms with Crippen LogP contribution in [-0.2, 0) is 5.54 Å². The van der Waals surface area contributed by atoms with E-state index >= 15 is 0 Å². The van der Waals surface area contributed by atoms with Crippen molar-refractivity contribution >= 4 is 11.0 Å². The fraction of sp³-hybridized carbons (Fsp3) is 0.529. The Labute approximate surface area is 115 Å². The molecule has 0 amide bonds. The Morgan fingerprint density at radius 1 is 1.21 bits per heavy atom. The highest BCUT2D eigenvalue weighted by Crippen LogP contribution is 2.36. The van der Waals surface area contributed by atoms with Crippen LogP contribution in [0, 0.1) is 6.92 Å². The summed E-state index contributed by atoms with van der Waals surface area (Å²) in [5, 5.41) is 4.97. The fourth-order valence-corrected chi connectivity index (χ4v) is 3.23. The van der Waals surface area contributed by atoms with Crippen molar-refractivity contribution in [2.75, 3.05) is 6.54 Å². The molecule has 1 saturated heterocycles. The zero-order valence-corrected chi connectivity index (χ0v) is 12.0. The van der Waals surface area contributed by atoms with Gasteiger partial charge in [0.25, 0.3) is 0 Å². The van der Waals surface area contributed by atoms with Gasteiger partial charge in [0.2, 0.25) is 0 Å². The van der Waals surface area contributed by atoms with Gasteiger partial charge in [0.1, 0.15) is 11.3 Å². The van der Waals surface area contributed by atoms with Gasteiger partial charge in [0.05, 0.1) is 5.54 Å². The lowest BCUT2D eigenvalue weighted by atomic mass is 9.88. The van der Waals surface area contributed by atoms with Gasteiger partial charge in [-0.05, 0) is 50.9 Å². The van der Waals surface area contributed by atoms with Gasteiger partial charge < -0.3 is 9.73 Å². The minimum Gasteiger partial charge on any atom is -0.459 e. The second kappa shape index (κ2) is 5.01. The second-order valence-electron chi connectivity index (χ2n) is 5.83. The number of rotatable bonds is 2. The molecule has 1 fully saturated rings. The Morgan fingerprint density at radius 2 is 2.11 bits per heavy atom. The molecule has 1 aromatic heterocycles. The predicted molar refractivity (Wildman–Crippen MR) is 79.4 cm³/mol. The van der Waals surface area contributed by atoms with Crippen LogP contribution >= 0.6 is 0 Å². The molecule has 102 valence electrons. The number of aryl methyl sites for hydroxylation is 1. The maximum absolute atomic E-state index is 6.15. The first-order chi connectivity index (χ1) is 9.23. The highest BCUT2D eigenvalue weighted by Gasteiger charge is 2.34. The molecule has 2 nitrogen and oxygen atoms in total. The Morgan fingerprint density at radius 3 is 2.95 bits per heavy atom. The Balaban J connectivity index is 2.04. The van der Waals surface area contributed by atoms with Crippen LogP contribution in [0.15, 0.2) is 28.7 Å². The van der Waals surface area contributed by atoms with Crippen LogP contribution < -0.4 is 5.32 Å². The maximum Gasteiger partial charge on any atom is 0.134 e. The van der Waals surface area contributed by atoms with E-state index in [4.69, 9.17) is 4.42 Å². The highest BCUT2D eigenvalue weighted by atomic mass is 16.3. The molecule has 1 atom stereocenters. The highest BCUT2D eigenvalue weighted by molar-refractivity contribution is 5.79. The lowest BCUT2D eigenvalue weighted by Gasteiger charge is -2.30. The Bertz CT molecular complexity index is 562. The Kier molecular flexibility index (Phi) is 3.36. The summed E-state index contributed by atoms with van der Waals surface area (Å²) in [5.74, 6) is 1.12. The minimum absolute atomic E-state index is 0.0451. The van der Waals surface area contributed by atoms with Crippen molar-refractivity contribution in [3.8, 4) is 0 Å². The number of hydrogen-bond acceptors (Lipinski definition) is 2. The molecule has 3 rings (SSSR count). The molecular weight excluding hydrogens is 234 g/mol. The number of benzene rings is 1. The third-order valence-electron chi connectivity index (χ3n) is 4.49. The number of nitrogens with one attached hydrogen (secondary N) is 1.